The van der Waals surface area contributed by atoms with E-state index in [0.29, 0.717) is 23.7 Å². The standard InChI is InChI=1S/C7H5ClN2O/c8-7-4-1-2-5(11)6(4)9-3-10-7/h3H,1-2H2. The molecule has 0 saturated carbocycles. The van der Waals surface area contributed by atoms with Gasteiger partial charge in [-0.25, -0.2) is 9.97 Å². The molecule has 2 rings (SSSR count). The second-order valence-electron chi connectivity index (χ2n) is 2.41. The smallest absolute Gasteiger partial charge is 0.181 e. The fourth-order valence-electron chi connectivity index (χ4n) is 1.21. The quantitative estimate of drug-likeness (QED) is 0.548. The Labute approximate surface area is 68.4 Å². The van der Waals surface area contributed by atoms with Crippen molar-refractivity contribution in [1.29, 1.82) is 0 Å². The molecule has 11 heavy (non-hydrogen) atoms. The lowest BCUT2D eigenvalue weighted by atomic mass is 10.3. The van der Waals surface area contributed by atoms with Crippen LogP contribution in [0.15, 0.2) is 6.33 Å². The Balaban J connectivity index is 2.66. The van der Waals surface area contributed by atoms with Crippen molar-refractivity contribution >= 4 is 17.4 Å². The van der Waals surface area contributed by atoms with Crippen LogP contribution in [-0.2, 0) is 6.42 Å². The first-order valence-corrected chi connectivity index (χ1v) is 3.69. The first kappa shape index (κ1) is 6.73. The molecule has 0 radical (unpaired) electrons. The summed E-state index contributed by atoms with van der Waals surface area (Å²) in [5.41, 5.74) is 1.31. The molecule has 0 bridgehead atoms. The Morgan fingerprint density at radius 3 is 2.91 bits per heavy atom. The van der Waals surface area contributed by atoms with Gasteiger partial charge in [-0.1, -0.05) is 11.6 Å². The number of aromatic nitrogens is 2. The Morgan fingerprint density at radius 1 is 1.36 bits per heavy atom. The average Bonchev–Trinajstić information content (AvgIpc) is 2.35. The van der Waals surface area contributed by atoms with Gasteiger partial charge in [-0.3, -0.25) is 4.79 Å². The molecule has 0 saturated heterocycles. The average molecular weight is 169 g/mol. The number of rotatable bonds is 0. The zero-order chi connectivity index (χ0) is 7.84. The largest absolute Gasteiger partial charge is 0.292 e. The van der Waals surface area contributed by atoms with E-state index in [4.69, 9.17) is 11.6 Å². The van der Waals surface area contributed by atoms with Gasteiger partial charge < -0.3 is 0 Å². The van der Waals surface area contributed by atoms with E-state index in [9.17, 15) is 4.79 Å². The van der Waals surface area contributed by atoms with Gasteiger partial charge in [-0.05, 0) is 6.42 Å². The summed E-state index contributed by atoms with van der Waals surface area (Å²) < 4.78 is 0. The molecule has 3 nitrogen and oxygen atoms in total. The van der Waals surface area contributed by atoms with Crippen LogP contribution in [0, 0.1) is 0 Å². The fraction of sp³-hybridized carbons (Fsp3) is 0.286. The van der Waals surface area contributed by atoms with Crippen molar-refractivity contribution in [1.82, 2.24) is 9.97 Å². The van der Waals surface area contributed by atoms with Gasteiger partial charge in [0.15, 0.2) is 5.78 Å². The molecule has 0 atom stereocenters. The number of carbonyl (C=O) groups is 1. The Hall–Kier alpha value is -0.960. The lowest BCUT2D eigenvalue weighted by molar-refractivity contribution is 0.0990. The summed E-state index contributed by atoms with van der Waals surface area (Å²) in [5, 5.41) is 0.417. The predicted octanol–water partition coefficient (Wildman–Crippen LogP) is 1.26. The SMILES string of the molecule is O=C1CCc2c(Cl)ncnc21. The normalized spacial score (nSPS) is 15.2. The third-order valence-electron chi connectivity index (χ3n) is 1.76. The molecule has 4 heteroatoms. The molecular formula is C7H5ClN2O. The topological polar surface area (TPSA) is 42.9 Å². The first-order valence-electron chi connectivity index (χ1n) is 3.31. The molecule has 0 aromatic carbocycles. The van der Waals surface area contributed by atoms with E-state index in [-0.39, 0.29) is 5.78 Å². The number of nitrogens with zero attached hydrogens (tertiary/aromatic N) is 2. The van der Waals surface area contributed by atoms with Crippen molar-refractivity contribution in [2.75, 3.05) is 0 Å². The van der Waals surface area contributed by atoms with Gasteiger partial charge in [0.2, 0.25) is 0 Å². The van der Waals surface area contributed by atoms with Gasteiger partial charge in [0, 0.05) is 12.0 Å². The van der Waals surface area contributed by atoms with Crippen LogP contribution >= 0.6 is 11.6 Å². The second-order valence-corrected chi connectivity index (χ2v) is 2.77. The Bertz CT molecular complexity index is 324. The summed E-state index contributed by atoms with van der Waals surface area (Å²) in [5.74, 6) is 0.0734. The van der Waals surface area contributed by atoms with Crippen LogP contribution in [0.3, 0.4) is 0 Å². The summed E-state index contributed by atoms with van der Waals surface area (Å²) in [6.45, 7) is 0. The van der Waals surface area contributed by atoms with E-state index in [0.717, 1.165) is 5.56 Å². The van der Waals surface area contributed by atoms with Gasteiger partial charge in [0.25, 0.3) is 0 Å². The van der Waals surface area contributed by atoms with Gasteiger partial charge in [-0.2, -0.15) is 0 Å². The lowest BCUT2D eigenvalue weighted by Gasteiger charge is -1.95. The van der Waals surface area contributed by atoms with Crippen molar-refractivity contribution in [3.63, 3.8) is 0 Å². The van der Waals surface area contributed by atoms with Crippen LogP contribution in [0.4, 0.5) is 0 Å². The molecule has 1 aromatic heterocycles. The van der Waals surface area contributed by atoms with E-state index in [2.05, 4.69) is 9.97 Å². The number of fused-ring (bicyclic) bond motifs is 1. The molecule has 56 valence electrons. The molecule has 0 unspecified atom stereocenters. The maximum absolute atomic E-state index is 11.1. The number of halogens is 1. The molecule has 0 N–H and O–H groups in total. The van der Waals surface area contributed by atoms with Crippen molar-refractivity contribution in [2.45, 2.75) is 12.8 Å². The molecule has 0 spiro atoms. The monoisotopic (exact) mass is 168 g/mol. The lowest BCUT2D eigenvalue weighted by Crippen LogP contribution is -1.96. The number of hydrogen-bond acceptors (Lipinski definition) is 3. The highest BCUT2D eigenvalue weighted by molar-refractivity contribution is 6.30. The molecular weight excluding hydrogens is 164 g/mol. The van der Waals surface area contributed by atoms with Crippen LogP contribution in [0.2, 0.25) is 5.15 Å². The highest BCUT2D eigenvalue weighted by Gasteiger charge is 2.23. The zero-order valence-electron chi connectivity index (χ0n) is 5.67. The Morgan fingerprint density at radius 2 is 2.18 bits per heavy atom. The fourth-order valence-corrected chi connectivity index (χ4v) is 1.44. The Kier molecular flexibility index (Phi) is 1.39. The van der Waals surface area contributed by atoms with Gasteiger partial charge in [-0.15, -0.1) is 0 Å². The molecule has 0 aliphatic heterocycles. The molecule has 1 aliphatic carbocycles. The summed E-state index contributed by atoms with van der Waals surface area (Å²) in [7, 11) is 0. The molecule has 0 amide bonds. The van der Waals surface area contributed by atoms with E-state index in [1.165, 1.54) is 6.33 Å². The number of ketones is 1. The van der Waals surface area contributed by atoms with Crippen molar-refractivity contribution in [2.24, 2.45) is 0 Å². The third-order valence-corrected chi connectivity index (χ3v) is 2.08. The number of carbonyl (C=O) groups excluding carboxylic acids is 1. The minimum Gasteiger partial charge on any atom is -0.292 e. The molecule has 0 fully saturated rings. The molecule has 1 aromatic rings. The van der Waals surface area contributed by atoms with Crippen LogP contribution < -0.4 is 0 Å². The highest BCUT2D eigenvalue weighted by atomic mass is 35.5. The van der Waals surface area contributed by atoms with Crippen LogP contribution in [0.1, 0.15) is 22.5 Å². The summed E-state index contributed by atoms with van der Waals surface area (Å²) in [6.07, 6.45) is 2.53. The van der Waals surface area contributed by atoms with E-state index in [1.54, 1.807) is 0 Å². The summed E-state index contributed by atoms with van der Waals surface area (Å²) in [4.78, 5) is 18.7. The summed E-state index contributed by atoms with van der Waals surface area (Å²) in [6, 6.07) is 0. The zero-order valence-corrected chi connectivity index (χ0v) is 6.43. The van der Waals surface area contributed by atoms with Gasteiger partial charge in [0.05, 0.1) is 0 Å². The van der Waals surface area contributed by atoms with Crippen LogP contribution in [0.5, 0.6) is 0 Å². The van der Waals surface area contributed by atoms with Crippen LogP contribution in [0.25, 0.3) is 0 Å². The first-order chi connectivity index (χ1) is 5.29. The van der Waals surface area contributed by atoms with Crippen LogP contribution in [-0.4, -0.2) is 15.8 Å². The minimum absolute atomic E-state index is 0.0734. The van der Waals surface area contributed by atoms with Crippen molar-refractivity contribution < 1.29 is 4.79 Å². The van der Waals surface area contributed by atoms with Gasteiger partial charge in [0.1, 0.15) is 17.2 Å². The number of hydrogen-bond donors (Lipinski definition) is 0. The second kappa shape index (κ2) is 2.27. The molecule has 1 heterocycles. The van der Waals surface area contributed by atoms with E-state index >= 15 is 0 Å². The van der Waals surface area contributed by atoms with Gasteiger partial charge >= 0.3 is 0 Å². The number of Topliss-reactive ketones (excluding diaryl/α,β-unsaturated/α-hetero) is 1. The molecule has 1 aliphatic rings. The summed E-state index contributed by atoms with van der Waals surface area (Å²) >= 11 is 5.73. The third kappa shape index (κ3) is 0.922. The van der Waals surface area contributed by atoms with E-state index in [1.807, 2.05) is 0 Å². The minimum atomic E-state index is 0.0734. The maximum atomic E-state index is 11.1. The highest BCUT2D eigenvalue weighted by Crippen LogP contribution is 2.24. The van der Waals surface area contributed by atoms with Crippen molar-refractivity contribution in [3.8, 4) is 0 Å². The predicted molar refractivity (Wildman–Crippen MR) is 39.7 cm³/mol. The van der Waals surface area contributed by atoms with Crippen molar-refractivity contribution in [3.05, 3.63) is 22.7 Å². The van der Waals surface area contributed by atoms with E-state index < -0.39 is 0 Å². The maximum Gasteiger partial charge on any atom is 0.181 e.